The van der Waals surface area contributed by atoms with Crippen LogP contribution in [-0.2, 0) is 7.05 Å². The van der Waals surface area contributed by atoms with Gasteiger partial charge in [0, 0.05) is 36.3 Å². The van der Waals surface area contributed by atoms with Gasteiger partial charge in [-0.3, -0.25) is 9.48 Å². The Labute approximate surface area is 190 Å². The van der Waals surface area contributed by atoms with Crippen LogP contribution in [0.15, 0.2) is 73.1 Å². The van der Waals surface area contributed by atoms with Crippen molar-refractivity contribution in [3.8, 4) is 22.5 Å². The van der Waals surface area contributed by atoms with Gasteiger partial charge in [-0.25, -0.2) is 9.37 Å². The number of aromatic nitrogens is 4. The molecule has 33 heavy (non-hydrogen) atoms. The molecule has 6 nitrogen and oxygen atoms in total. The number of carbonyl (C=O) groups excluding carboxylic acids is 1. The van der Waals surface area contributed by atoms with Gasteiger partial charge in [0.2, 0.25) is 0 Å². The zero-order chi connectivity index (χ0) is 23.1. The van der Waals surface area contributed by atoms with Crippen molar-refractivity contribution in [3.63, 3.8) is 0 Å². The Morgan fingerprint density at radius 2 is 1.70 bits per heavy atom. The van der Waals surface area contributed by atoms with Crippen LogP contribution in [0.3, 0.4) is 0 Å². The maximum absolute atomic E-state index is 13.2. The van der Waals surface area contributed by atoms with Gasteiger partial charge in [-0.1, -0.05) is 18.2 Å². The molecule has 0 radical (unpaired) electrons. The van der Waals surface area contributed by atoms with Crippen molar-refractivity contribution in [2.75, 3.05) is 5.32 Å². The van der Waals surface area contributed by atoms with Crippen LogP contribution in [-0.4, -0.2) is 25.1 Å². The lowest BCUT2D eigenvalue weighted by Crippen LogP contribution is -2.16. The van der Waals surface area contributed by atoms with E-state index in [1.807, 2.05) is 61.0 Å². The number of carbonyl (C=O) groups is 1. The number of nitrogens with zero attached hydrogens (tertiary/aromatic N) is 4. The largest absolute Gasteiger partial charge is 0.320 e. The summed E-state index contributed by atoms with van der Waals surface area (Å²) in [4.78, 5) is 17.8. The molecule has 0 bridgehead atoms. The molecule has 0 saturated heterocycles. The Kier molecular flexibility index (Phi) is 5.01. The van der Waals surface area contributed by atoms with E-state index >= 15 is 0 Å². The topological polar surface area (TPSA) is 64.2 Å². The molecule has 0 unspecified atom stereocenters. The van der Waals surface area contributed by atoms with Crippen LogP contribution in [0.2, 0.25) is 0 Å². The maximum Gasteiger partial charge on any atom is 0.273 e. The lowest BCUT2D eigenvalue weighted by Gasteiger charge is -2.10. The van der Waals surface area contributed by atoms with Crippen LogP contribution >= 0.6 is 0 Å². The number of anilines is 1. The molecule has 7 heteroatoms. The molecule has 5 rings (SSSR count). The Hall–Kier alpha value is -4.26. The number of halogens is 1. The summed E-state index contributed by atoms with van der Waals surface area (Å²) in [6.07, 6.45) is 3.95. The SMILES string of the molecule is Cc1ccc(-c2cn3cccc(C)c3n2)cc1NC(=O)c1cc(-c2ccc(F)cc2)nn1C. The van der Waals surface area contributed by atoms with E-state index in [1.54, 1.807) is 25.2 Å². The van der Waals surface area contributed by atoms with E-state index in [2.05, 4.69) is 10.4 Å². The van der Waals surface area contributed by atoms with Crippen LogP contribution in [0.5, 0.6) is 0 Å². The van der Waals surface area contributed by atoms with Crippen molar-refractivity contribution >= 4 is 17.2 Å². The van der Waals surface area contributed by atoms with Gasteiger partial charge in [0.1, 0.15) is 17.2 Å². The first-order valence-corrected chi connectivity index (χ1v) is 10.6. The molecule has 0 aliphatic rings. The highest BCUT2D eigenvalue weighted by Crippen LogP contribution is 2.27. The van der Waals surface area contributed by atoms with Crippen LogP contribution in [0.25, 0.3) is 28.2 Å². The third-order valence-corrected chi connectivity index (χ3v) is 5.71. The van der Waals surface area contributed by atoms with E-state index in [0.29, 0.717) is 17.1 Å². The molecule has 5 aromatic rings. The number of hydrogen-bond donors (Lipinski definition) is 1. The molecule has 164 valence electrons. The van der Waals surface area contributed by atoms with E-state index < -0.39 is 0 Å². The van der Waals surface area contributed by atoms with E-state index in [4.69, 9.17) is 4.98 Å². The molecule has 0 fully saturated rings. The minimum atomic E-state index is -0.316. The van der Waals surface area contributed by atoms with Crippen molar-refractivity contribution in [1.29, 1.82) is 0 Å². The third-order valence-electron chi connectivity index (χ3n) is 5.71. The molecule has 0 aliphatic heterocycles. The van der Waals surface area contributed by atoms with E-state index in [-0.39, 0.29) is 11.7 Å². The lowest BCUT2D eigenvalue weighted by atomic mass is 10.1. The van der Waals surface area contributed by atoms with Gasteiger partial charge in [-0.2, -0.15) is 5.10 Å². The van der Waals surface area contributed by atoms with Gasteiger partial charge in [-0.15, -0.1) is 0 Å². The van der Waals surface area contributed by atoms with E-state index in [0.717, 1.165) is 33.6 Å². The van der Waals surface area contributed by atoms with Gasteiger partial charge >= 0.3 is 0 Å². The predicted octanol–water partition coefficient (Wildman–Crippen LogP) is 5.41. The average Bonchev–Trinajstić information content (AvgIpc) is 3.40. The summed E-state index contributed by atoms with van der Waals surface area (Å²) >= 11 is 0. The quantitative estimate of drug-likeness (QED) is 0.407. The fourth-order valence-corrected chi connectivity index (χ4v) is 3.84. The molecule has 0 aliphatic carbocycles. The highest BCUT2D eigenvalue weighted by atomic mass is 19.1. The summed E-state index contributed by atoms with van der Waals surface area (Å²) in [6.45, 7) is 3.97. The second kappa shape index (κ2) is 8.02. The first-order chi connectivity index (χ1) is 15.9. The lowest BCUT2D eigenvalue weighted by molar-refractivity contribution is 0.101. The predicted molar refractivity (Wildman–Crippen MR) is 127 cm³/mol. The second-order valence-corrected chi connectivity index (χ2v) is 8.08. The van der Waals surface area contributed by atoms with Crippen molar-refractivity contribution in [3.05, 3.63) is 95.7 Å². The smallest absolute Gasteiger partial charge is 0.273 e. The van der Waals surface area contributed by atoms with Crippen LogP contribution in [0.1, 0.15) is 21.6 Å². The summed E-state index contributed by atoms with van der Waals surface area (Å²) in [6, 6.07) is 17.7. The fourth-order valence-electron chi connectivity index (χ4n) is 3.84. The highest BCUT2D eigenvalue weighted by Gasteiger charge is 2.16. The maximum atomic E-state index is 13.2. The van der Waals surface area contributed by atoms with Gasteiger partial charge in [0.05, 0.1) is 11.4 Å². The summed E-state index contributed by atoms with van der Waals surface area (Å²) in [5.74, 6) is -0.590. The first kappa shape index (κ1) is 20.6. The number of aryl methyl sites for hydroxylation is 3. The summed E-state index contributed by atoms with van der Waals surface area (Å²) < 4.78 is 16.8. The molecule has 1 amide bonds. The zero-order valence-corrected chi connectivity index (χ0v) is 18.5. The van der Waals surface area contributed by atoms with Crippen LogP contribution < -0.4 is 5.32 Å². The minimum Gasteiger partial charge on any atom is -0.320 e. The summed E-state index contributed by atoms with van der Waals surface area (Å²) in [5.41, 5.74) is 7.14. The number of benzene rings is 2. The standard InChI is InChI=1S/C26H22FN5O/c1-16-6-7-19(23-15-32-12-4-5-17(2)25(32)28-23)13-21(16)29-26(33)24-14-22(30-31(24)3)18-8-10-20(27)11-9-18/h4-15H,1-3H3,(H,29,33). The average molecular weight is 439 g/mol. The molecule has 3 aromatic heterocycles. The number of rotatable bonds is 4. The van der Waals surface area contributed by atoms with Gasteiger partial charge in [0.15, 0.2) is 0 Å². The number of pyridine rings is 1. The molecular formula is C26H22FN5O. The van der Waals surface area contributed by atoms with Crippen LogP contribution in [0, 0.1) is 19.7 Å². The zero-order valence-electron chi connectivity index (χ0n) is 18.5. The fraction of sp³-hybridized carbons (Fsp3) is 0.115. The molecule has 2 aromatic carbocycles. The molecule has 0 spiro atoms. The van der Waals surface area contributed by atoms with E-state index in [9.17, 15) is 9.18 Å². The number of hydrogen-bond acceptors (Lipinski definition) is 3. The van der Waals surface area contributed by atoms with Crippen molar-refractivity contribution in [1.82, 2.24) is 19.2 Å². The molecule has 3 heterocycles. The Balaban J connectivity index is 1.44. The monoisotopic (exact) mass is 439 g/mol. The summed E-state index contributed by atoms with van der Waals surface area (Å²) in [5, 5.41) is 7.42. The molecule has 0 saturated carbocycles. The summed E-state index contributed by atoms with van der Waals surface area (Å²) in [7, 11) is 1.71. The Bertz CT molecular complexity index is 1500. The number of nitrogens with one attached hydrogen (secondary N) is 1. The number of fused-ring (bicyclic) bond motifs is 1. The first-order valence-electron chi connectivity index (χ1n) is 10.6. The van der Waals surface area contributed by atoms with Crippen molar-refractivity contribution < 1.29 is 9.18 Å². The van der Waals surface area contributed by atoms with Gasteiger partial charge < -0.3 is 9.72 Å². The van der Waals surface area contributed by atoms with Gasteiger partial charge in [-0.05, 0) is 67.4 Å². The molecule has 1 N–H and O–H groups in total. The third kappa shape index (κ3) is 3.89. The normalized spacial score (nSPS) is 11.2. The van der Waals surface area contributed by atoms with Crippen LogP contribution in [0.4, 0.5) is 10.1 Å². The number of amides is 1. The Morgan fingerprint density at radius 3 is 2.45 bits per heavy atom. The van der Waals surface area contributed by atoms with E-state index in [1.165, 1.54) is 16.8 Å². The second-order valence-electron chi connectivity index (χ2n) is 8.08. The molecule has 0 atom stereocenters. The highest BCUT2D eigenvalue weighted by molar-refractivity contribution is 6.04. The van der Waals surface area contributed by atoms with Crippen molar-refractivity contribution in [2.45, 2.75) is 13.8 Å². The molecular weight excluding hydrogens is 417 g/mol. The van der Waals surface area contributed by atoms with Gasteiger partial charge in [0.25, 0.3) is 5.91 Å². The number of imidazole rings is 1. The Morgan fingerprint density at radius 1 is 0.939 bits per heavy atom. The van der Waals surface area contributed by atoms with Crippen molar-refractivity contribution in [2.24, 2.45) is 7.05 Å². The minimum absolute atomic E-state index is 0.274.